The molecule has 0 fully saturated rings. The van der Waals surface area contributed by atoms with E-state index in [0.717, 1.165) is 12.2 Å². The molecule has 1 aliphatic rings. The van der Waals surface area contributed by atoms with Gasteiger partial charge in [-0.25, -0.2) is 4.21 Å². The van der Waals surface area contributed by atoms with E-state index < -0.39 is 37.4 Å². The molecule has 0 spiro atoms. The summed E-state index contributed by atoms with van der Waals surface area (Å²) in [5.74, 6) is -6.47. The monoisotopic (exact) mass is 606 g/mol. The molecule has 150 valence electrons. The second-order valence-corrected chi connectivity index (χ2v) is 10.3. The molecule has 0 heterocycles. The van der Waals surface area contributed by atoms with Gasteiger partial charge in [0.2, 0.25) is 0 Å². The predicted octanol–water partition coefficient (Wildman–Crippen LogP) is 7.14. The van der Waals surface area contributed by atoms with Gasteiger partial charge in [-0.05, 0) is 28.3 Å². The highest BCUT2D eigenvalue weighted by atomic mass is 79.9. The van der Waals surface area contributed by atoms with Crippen LogP contribution in [0, 0.1) is 0 Å². The van der Waals surface area contributed by atoms with Gasteiger partial charge in [-0.15, -0.1) is 0 Å². The topological polar surface area (TPSA) is 17.1 Å². The fourth-order valence-corrected chi connectivity index (χ4v) is 6.65. The van der Waals surface area contributed by atoms with Crippen LogP contribution in [0.25, 0.3) is 0 Å². The molecule has 0 saturated heterocycles. The SMILES string of the molecule is O=S(C1=CC(Br)(c2ccccc2Br)CC(Br)=C1)C(F)(F)C(F)(F)C(F)(F)F. The number of hydrogen-bond donors (Lipinski definition) is 0. The van der Waals surface area contributed by atoms with Crippen LogP contribution < -0.4 is 0 Å². The highest BCUT2D eigenvalue weighted by Crippen LogP contribution is 2.52. The quantitative estimate of drug-likeness (QED) is 0.262. The van der Waals surface area contributed by atoms with Gasteiger partial charge >= 0.3 is 17.4 Å². The zero-order chi connectivity index (χ0) is 20.8. The number of benzene rings is 1. The van der Waals surface area contributed by atoms with Gasteiger partial charge in [0, 0.05) is 15.8 Å². The Labute approximate surface area is 176 Å². The van der Waals surface area contributed by atoms with Crippen LogP contribution in [0.2, 0.25) is 0 Å². The summed E-state index contributed by atoms with van der Waals surface area (Å²) >= 11 is 9.59. The van der Waals surface area contributed by atoms with Crippen molar-refractivity contribution in [3.05, 3.63) is 55.8 Å². The molecule has 1 nitrogen and oxygen atoms in total. The van der Waals surface area contributed by atoms with E-state index >= 15 is 0 Å². The normalized spacial score (nSPS) is 22.9. The summed E-state index contributed by atoms with van der Waals surface area (Å²) in [7, 11) is -3.97. The van der Waals surface area contributed by atoms with E-state index in [-0.39, 0.29) is 10.9 Å². The molecule has 1 aromatic carbocycles. The maximum absolute atomic E-state index is 13.9. The molecule has 2 atom stereocenters. The molecular weight excluding hydrogens is 601 g/mol. The standard InChI is InChI=1S/C15H8Br3F7OS/c16-8-5-9(27(26)15(24,25)13(19,20)14(21,22)23)7-12(18,6-8)10-3-1-2-4-11(10)17/h1-5,7H,6H2. The van der Waals surface area contributed by atoms with Gasteiger partial charge in [0.15, 0.2) is 0 Å². The lowest BCUT2D eigenvalue weighted by Crippen LogP contribution is -2.54. The van der Waals surface area contributed by atoms with Crippen LogP contribution in [0.3, 0.4) is 0 Å². The Kier molecular flexibility index (Phi) is 6.47. The van der Waals surface area contributed by atoms with Crippen LogP contribution in [-0.4, -0.2) is 21.6 Å². The van der Waals surface area contributed by atoms with Crippen LogP contribution in [-0.2, 0) is 15.1 Å². The van der Waals surface area contributed by atoms with Gasteiger partial charge < -0.3 is 0 Å². The molecule has 0 aliphatic heterocycles. The van der Waals surface area contributed by atoms with Crippen molar-refractivity contribution in [2.45, 2.75) is 28.1 Å². The minimum absolute atomic E-state index is 0.123. The molecule has 0 saturated carbocycles. The molecule has 0 amide bonds. The Bertz CT molecular complexity index is 835. The largest absolute Gasteiger partial charge is 0.461 e. The zero-order valence-corrected chi connectivity index (χ0v) is 18.3. The first-order valence-corrected chi connectivity index (χ1v) is 10.4. The number of alkyl halides is 8. The number of allylic oxidation sites excluding steroid dienone is 3. The summed E-state index contributed by atoms with van der Waals surface area (Å²) in [6, 6.07) is 6.50. The van der Waals surface area contributed by atoms with E-state index in [1.54, 1.807) is 24.3 Å². The highest BCUT2D eigenvalue weighted by molar-refractivity contribution is 9.12. The lowest BCUT2D eigenvalue weighted by molar-refractivity contribution is -0.331. The molecule has 1 aromatic rings. The molecular formula is C15H8Br3F7OS. The van der Waals surface area contributed by atoms with Gasteiger partial charge in [0.1, 0.15) is 10.8 Å². The van der Waals surface area contributed by atoms with Crippen LogP contribution >= 0.6 is 47.8 Å². The fourth-order valence-electron chi connectivity index (χ4n) is 2.28. The number of halogens is 10. The van der Waals surface area contributed by atoms with Crippen molar-refractivity contribution in [2.24, 2.45) is 0 Å². The Hall–Kier alpha value is -0.200. The molecule has 0 radical (unpaired) electrons. The second-order valence-electron chi connectivity index (χ2n) is 5.51. The minimum Gasteiger partial charge on any atom is -0.248 e. The first-order chi connectivity index (χ1) is 12.1. The van der Waals surface area contributed by atoms with E-state index in [1.807, 2.05) is 0 Å². The smallest absolute Gasteiger partial charge is 0.248 e. The summed E-state index contributed by atoms with van der Waals surface area (Å²) in [5, 5.41) is -5.86. The zero-order valence-electron chi connectivity index (χ0n) is 12.8. The lowest BCUT2D eigenvalue weighted by atomic mass is 9.92. The average molecular weight is 609 g/mol. The summed E-state index contributed by atoms with van der Waals surface area (Å²) in [4.78, 5) is -0.866. The van der Waals surface area contributed by atoms with E-state index in [9.17, 15) is 34.9 Å². The van der Waals surface area contributed by atoms with Gasteiger partial charge in [-0.2, -0.15) is 30.7 Å². The van der Waals surface area contributed by atoms with Crippen molar-refractivity contribution in [1.82, 2.24) is 0 Å². The molecule has 0 aromatic heterocycles. The van der Waals surface area contributed by atoms with Crippen molar-refractivity contribution in [1.29, 1.82) is 0 Å². The van der Waals surface area contributed by atoms with E-state index in [2.05, 4.69) is 47.8 Å². The van der Waals surface area contributed by atoms with E-state index in [0.29, 0.717) is 10.0 Å². The summed E-state index contributed by atoms with van der Waals surface area (Å²) in [6.07, 6.45) is -4.63. The van der Waals surface area contributed by atoms with Crippen molar-refractivity contribution in [3.8, 4) is 0 Å². The summed E-state index contributed by atoms with van der Waals surface area (Å²) in [5.41, 5.74) is 0.482. The van der Waals surface area contributed by atoms with Crippen LogP contribution in [0.15, 0.2) is 50.3 Å². The Balaban J connectivity index is 2.55. The maximum atomic E-state index is 13.9. The van der Waals surface area contributed by atoms with Gasteiger partial charge in [-0.1, -0.05) is 66.0 Å². The number of rotatable bonds is 4. The van der Waals surface area contributed by atoms with Crippen molar-refractivity contribution in [3.63, 3.8) is 0 Å². The van der Waals surface area contributed by atoms with E-state index in [4.69, 9.17) is 0 Å². The Morgan fingerprint density at radius 3 is 2.07 bits per heavy atom. The Morgan fingerprint density at radius 1 is 1.00 bits per heavy atom. The van der Waals surface area contributed by atoms with Crippen LogP contribution in [0.4, 0.5) is 30.7 Å². The van der Waals surface area contributed by atoms with Crippen molar-refractivity contribution < 1.29 is 34.9 Å². The van der Waals surface area contributed by atoms with E-state index in [1.165, 1.54) is 0 Å². The molecule has 27 heavy (non-hydrogen) atoms. The third-order valence-corrected chi connectivity index (χ3v) is 7.11. The number of hydrogen-bond acceptors (Lipinski definition) is 1. The van der Waals surface area contributed by atoms with Gasteiger partial charge in [0.05, 0.1) is 4.32 Å². The van der Waals surface area contributed by atoms with Crippen LogP contribution in [0.1, 0.15) is 12.0 Å². The third-order valence-electron chi connectivity index (χ3n) is 3.59. The van der Waals surface area contributed by atoms with Gasteiger partial charge in [-0.3, -0.25) is 0 Å². The molecule has 1 aliphatic carbocycles. The van der Waals surface area contributed by atoms with Crippen molar-refractivity contribution >= 4 is 58.6 Å². The Morgan fingerprint density at radius 2 is 1.56 bits per heavy atom. The molecule has 2 rings (SSSR count). The maximum Gasteiger partial charge on any atom is 0.461 e. The average Bonchev–Trinajstić information content (AvgIpc) is 2.52. The molecule has 12 heteroatoms. The summed E-state index contributed by atoms with van der Waals surface area (Å²) < 4.78 is 103. The third kappa shape index (κ3) is 4.23. The molecule has 0 bridgehead atoms. The summed E-state index contributed by atoms with van der Waals surface area (Å²) in [6.45, 7) is 0. The molecule has 2 unspecified atom stereocenters. The second kappa shape index (κ2) is 7.56. The fraction of sp³-hybridized carbons (Fsp3) is 0.333. The highest BCUT2D eigenvalue weighted by Gasteiger charge is 2.76. The first-order valence-electron chi connectivity index (χ1n) is 6.90. The lowest BCUT2D eigenvalue weighted by Gasteiger charge is -2.32. The predicted molar refractivity (Wildman–Crippen MR) is 98.5 cm³/mol. The molecule has 0 N–H and O–H groups in total. The van der Waals surface area contributed by atoms with Crippen LogP contribution in [0.5, 0.6) is 0 Å². The van der Waals surface area contributed by atoms with Gasteiger partial charge in [0.25, 0.3) is 0 Å². The van der Waals surface area contributed by atoms with Crippen molar-refractivity contribution in [2.75, 3.05) is 0 Å². The minimum atomic E-state index is -6.56. The first kappa shape index (κ1) is 23.1.